The van der Waals surface area contributed by atoms with Gasteiger partial charge in [-0.3, -0.25) is 4.99 Å². The Hall–Kier alpha value is -2.68. The quantitative estimate of drug-likeness (QED) is 0.549. The molecule has 0 saturated heterocycles. The Kier molecular flexibility index (Phi) is 6.59. The number of pyridine rings is 1. The lowest BCUT2D eigenvalue weighted by Crippen LogP contribution is -2.46. The lowest BCUT2D eigenvalue weighted by Gasteiger charge is -2.25. The third-order valence-corrected chi connectivity index (χ3v) is 4.32. The van der Waals surface area contributed by atoms with E-state index in [1.54, 1.807) is 20.4 Å². The molecule has 3 heterocycles. The number of rotatable bonds is 7. The summed E-state index contributed by atoms with van der Waals surface area (Å²) in [5, 5.41) is 11.3. The topological polar surface area (TPSA) is 98.5 Å². The fraction of sp³-hybridized carbons (Fsp3) is 0.556. The molecule has 0 radical (unpaired) electrons. The first kappa shape index (κ1) is 19.1. The van der Waals surface area contributed by atoms with Gasteiger partial charge in [0.05, 0.1) is 13.2 Å². The van der Waals surface area contributed by atoms with Crippen LogP contribution in [0.25, 0.3) is 0 Å². The molecule has 0 bridgehead atoms. The predicted octanol–water partition coefficient (Wildman–Crippen LogP) is 0.898. The van der Waals surface area contributed by atoms with Gasteiger partial charge in [0.2, 0.25) is 5.88 Å². The minimum absolute atomic E-state index is 0.237. The monoisotopic (exact) mass is 373 g/mol. The zero-order chi connectivity index (χ0) is 19.1. The molecular formula is C18H27N7O2. The summed E-state index contributed by atoms with van der Waals surface area (Å²) in [7, 11) is 3.42. The highest BCUT2D eigenvalue weighted by Gasteiger charge is 2.22. The van der Waals surface area contributed by atoms with Crippen LogP contribution in [0.1, 0.15) is 30.6 Å². The number of methoxy groups -OCH3 is 1. The van der Waals surface area contributed by atoms with E-state index in [0.29, 0.717) is 25.6 Å². The van der Waals surface area contributed by atoms with Gasteiger partial charge in [0, 0.05) is 44.9 Å². The van der Waals surface area contributed by atoms with Crippen molar-refractivity contribution in [3.05, 3.63) is 35.5 Å². The Labute approximate surface area is 159 Å². The van der Waals surface area contributed by atoms with Crippen molar-refractivity contribution in [3.63, 3.8) is 0 Å². The molecule has 0 aliphatic carbocycles. The summed E-state index contributed by atoms with van der Waals surface area (Å²) in [5.41, 5.74) is 0.994. The van der Waals surface area contributed by atoms with Gasteiger partial charge in [0.1, 0.15) is 12.4 Å². The summed E-state index contributed by atoms with van der Waals surface area (Å²) in [6.45, 7) is 4.32. The third kappa shape index (κ3) is 4.94. The summed E-state index contributed by atoms with van der Waals surface area (Å²) in [6.07, 6.45) is 3.59. The standard InChI is InChI=1S/C18H27N7O2/c1-4-27-17-13(6-5-9-20-17)10-21-18(19-2)22-14-7-8-16-23-15(12-26-3)24-25(16)11-14/h5-6,9,14H,4,7-8,10-12H2,1-3H3,(H2,19,21,22). The first-order valence-electron chi connectivity index (χ1n) is 9.18. The van der Waals surface area contributed by atoms with Crippen molar-refractivity contribution in [2.24, 2.45) is 4.99 Å². The molecule has 27 heavy (non-hydrogen) atoms. The van der Waals surface area contributed by atoms with Crippen LogP contribution in [-0.2, 0) is 30.9 Å². The number of ether oxygens (including phenoxy) is 2. The van der Waals surface area contributed by atoms with Crippen LogP contribution in [0.5, 0.6) is 5.88 Å². The van der Waals surface area contributed by atoms with Crippen molar-refractivity contribution >= 4 is 5.96 Å². The lowest BCUT2D eigenvalue weighted by atomic mass is 10.1. The molecule has 0 saturated carbocycles. The van der Waals surface area contributed by atoms with Gasteiger partial charge < -0.3 is 20.1 Å². The second-order valence-electron chi connectivity index (χ2n) is 6.27. The largest absolute Gasteiger partial charge is 0.478 e. The van der Waals surface area contributed by atoms with E-state index in [1.807, 2.05) is 23.7 Å². The van der Waals surface area contributed by atoms with Gasteiger partial charge in [0.25, 0.3) is 0 Å². The molecule has 1 aliphatic rings. The number of aromatic nitrogens is 4. The minimum atomic E-state index is 0.237. The highest BCUT2D eigenvalue weighted by molar-refractivity contribution is 5.80. The summed E-state index contributed by atoms with van der Waals surface area (Å²) in [4.78, 5) is 13.1. The van der Waals surface area contributed by atoms with Crippen molar-refractivity contribution in [2.75, 3.05) is 20.8 Å². The maximum Gasteiger partial charge on any atom is 0.218 e. The van der Waals surface area contributed by atoms with Crippen LogP contribution >= 0.6 is 0 Å². The van der Waals surface area contributed by atoms with Crippen LogP contribution in [-0.4, -0.2) is 52.5 Å². The zero-order valence-electron chi connectivity index (χ0n) is 16.1. The smallest absolute Gasteiger partial charge is 0.218 e. The molecule has 1 unspecified atom stereocenters. The number of hydrogen-bond donors (Lipinski definition) is 2. The average molecular weight is 373 g/mol. The van der Waals surface area contributed by atoms with Crippen LogP contribution in [0.4, 0.5) is 0 Å². The number of nitrogens with zero attached hydrogens (tertiary/aromatic N) is 5. The highest BCUT2D eigenvalue weighted by atomic mass is 16.5. The molecule has 0 aromatic carbocycles. The third-order valence-electron chi connectivity index (χ3n) is 4.32. The number of fused-ring (bicyclic) bond motifs is 1. The summed E-state index contributed by atoms with van der Waals surface area (Å²) < 4.78 is 12.6. The second kappa shape index (κ2) is 9.31. The maximum atomic E-state index is 5.57. The van der Waals surface area contributed by atoms with E-state index in [1.165, 1.54) is 0 Å². The van der Waals surface area contributed by atoms with Crippen LogP contribution in [0.3, 0.4) is 0 Å². The molecule has 2 N–H and O–H groups in total. The Morgan fingerprint density at radius 2 is 2.33 bits per heavy atom. The molecule has 0 amide bonds. The molecule has 1 atom stereocenters. The van der Waals surface area contributed by atoms with Gasteiger partial charge in [-0.15, -0.1) is 0 Å². The Morgan fingerprint density at radius 3 is 3.11 bits per heavy atom. The van der Waals surface area contributed by atoms with Crippen molar-refractivity contribution in [1.82, 2.24) is 30.4 Å². The van der Waals surface area contributed by atoms with Gasteiger partial charge in [0.15, 0.2) is 11.8 Å². The lowest BCUT2D eigenvalue weighted by molar-refractivity contribution is 0.177. The molecule has 3 rings (SSSR count). The number of aryl methyl sites for hydroxylation is 1. The number of aliphatic imine (C=N–C) groups is 1. The first-order valence-corrected chi connectivity index (χ1v) is 9.18. The minimum Gasteiger partial charge on any atom is -0.478 e. The van der Waals surface area contributed by atoms with E-state index in [9.17, 15) is 0 Å². The Balaban J connectivity index is 1.56. The number of nitrogens with one attached hydrogen (secondary N) is 2. The molecule has 0 fully saturated rings. The molecule has 2 aromatic heterocycles. The summed E-state index contributed by atoms with van der Waals surface area (Å²) in [6, 6.07) is 4.14. The van der Waals surface area contributed by atoms with Crippen LogP contribution in [0, 0.1) is 0 Å². The SMILES string of the molecule is CCOc1ncccc1CNC(=NC)NC1CCc2nc(COC)nn2C1. The Morgan fingerprint density at radius 1 is 1.44 bits per heavy atom. The van der Waals surface area contributed by atoms with Crippen LogP contribution < -0.4 is 15.4 Å². The van der Waals surface area contributed by atoms with Gasteiger partial charge >= 0.3 is 0 Å². The molecule has 9 heteroatoms. The Bertz CT molecular complexity index is 775. The van der Waals surface area contributed by atoms with Crippen LogP contribution in [0.2, 0.25) is 0 Å². The second-order valence-corrected chi connectivity index (χ2v) is 6.27. The maximum absolute atomic E-state index is 5.57. The predicted molar refractivity (Wildman–Crippen MR) is 102 cm³/mol. The average Bonchev–Trinajstić information content (AvgIpc) is 3.08. The van der Waals surface area contributed by atoms with Gasteiger partial charge in [-0.2, -0.15) is 5.10 Å². The molecule has 2 aromatic rings. The van der Waals surface area contributed by atoms with Gasteiger partial charge in [-0.25, -0.2) is 14.6 Å². The van der Waals surface area contributed by atoms with Gasteiger partial charge in [-0.1, -0.05) is 6.07 Å². The normalized spacial score (nSPS) is 16.7. The van der Waals surface area contributed by atoms with Gasteiger partial charge in [-0.05, 0) is 19.4 Å². The van der Waals surface area contributed by atoms with Crippen molar-refractivity contribution < 1.29 is 9.47 Å². The fourth-order valence-electron chi connectivity index (χ4n) is 3.06. The first-order chi connectivity index (χ1) is 13.2. The summed E-state index contributed by atoms with van der Waals surface area (Å²) in [5.74, 6) is 3.14. The number of guanidine groups is 1. The molecule has 146 valence electrons. The van der Waals surface area contributed by atoms with E-state index in [-0.39, 0.29) is 6.04 Å². The molecule has 1 aliphatic heterocycles. The zero-order valence-corrected chi connectivity index (χ0v) is 16.1. The van der Waals surface area contributed by atoms with Crippen molar-refractivity contribution in [2.45, 2.75) is 45.5 Å². The molecule has 0 spiro atoms. The van der Waals surface area contributed by atoms with E-state index in [4.69, 9.17) is 9.47 Å². The van der Waals surface area contributed by atoms with Crippen molar-refractivity contribution in [3.8, 4) is 5.88 Å². The number of hydrogen-bond acceptors (Lipinski definition) is 6. The van der Waals surface area contributed by atoms with E-state index in [0.717, 1.165) is 42.6 Å². The fourth-order valence-corrected chi connectivity index (χ4v) is 3.06. The van der Waals surface area contributed by atoms with Crippen LogP contribution in [0.15, 0.2) is 23.3 Å². The molecule has 9 nitrogen and oxygen atoms in total. The van der Waals surface area contributed by atoms with E-state index < -0.39 is 0 Å². The van der Waals surface area contributed by atoms with Crippen molar-refractivity contribution in [1.29, 1.82) is 0 Å². The van der Waals surface area contributed by atoms with E-state index >= 15 is 0 Å². The molecular weight excluding hydrogens is 346 g/mol. The van der Waals surface area contributed by atoms with E-state index in [2.05, 4.69) is 30.7 Å². The highest BCUT2D eigenvalue weighted by Crippen LogP contribution is 2.15. The summed E-state index contributed by atoms with van der Waals surface area (Å²) >= 11 is 0.